The third-order valence-electron chi connectivity index (χ3n) is 7.68. The topological polar surface area (TPSA) is 237 Å². The molecule has 0 bridgehead atoms. The molecule has 2 heterocycles. The van der Waals surface area contributed by atoms with Crippen molar-refractivity contribution in [2.24, 2.45) is 11.5 Å². The van der Waals surface area contributed by atoms with Crippen molar-refractivity contribution in [2.75, 3.05) is 19.6 Å². The highest BCUT2D eigenvalue weighted by atomic mass is 16.4. The molecule has 0 saturated heterocycles. The summed E-state index contributed by atoms with van der Waals surface area (Å²) in [5.74, 6) is -2.53. The van der Waals surface area contributed by atoms with E-state index in [1.54, 1.807) is 4.90 Å². The van der Waals surface area contributed by atoms with Gasteiger partial charge in [-0.1, -0.05) is 36.8 Å². The zero-order valence-electron chi connectivity index (χ0n) is 25.3. The van der Waals surface area contributed by atoms with Gasteiger partial charge in [0.15, 0.2) is 5.96 Å². The number of benzene rings is 1. The Kier molecular flexibility index (Phi) is 11.9. The van der Waals surface area contributed by atoms with E-state index in [2.05, 4.69) is 16.0 Å². The van der Waals surface area contributed by atoms with Crippen LogP contribution >= 0.6 is 0 Å². The summed E-state index contributed by atoms with van der Waals surface area (Å²) in [4.78, 5) is 51.7. The number of aliphatic hydroxyl groups is 1. The summed E-state index contributed by atoms with van der Waals surface area (Å²) in [7, 11) is 0. The number of aryl methyl sites for hydroxylation is 2. The van der Waals surface area contributed by atoms with E-state index >= 15 is 0 Å². The number of aliphatic carboxylic acids is 1. The average Bonchev–Trinajstić information content (AvgIpc) is 3.58. The zero-order chi connectivity index (χ0) is 32.6. The zero-order valence-corrected chi connectivity index (χ0v) is 25.3. The summed E-state index contributed by atoms with van der Waals surface area (Å²) in [5.41, 5.74) is 14.6. The third kappa shape index (κ3) is 8.80. The maximum atomic E-state index is 13.0. The fourth-order valence-corrected chi connectivity index (χ4v) is 4.96. The number of carbonyl (C=O) groups is 4. The summed E-state index contributed by atoms with van der Waals surface area (Å²) >= 11 is 0. The van der Waals surface area contributed by atoms with Crippen molar-refractivity contribution in [3.05, 3.63) is 46.7 Å². The molecule has 240 valence electrons. The fraction of sp³-hybridized carbons (Fsp3) is 0.500. The summed E-state index contributed by atoms with van der Waals surface area (Å²) < 4.78 is 6.01. The van der Waals surface area contributed by atoms with E-state index < -0.39 is 47.9 Å². The van der Waals surface area contributed by atoms with Crippen LogP contribution in [0.2, 0.25) is 0 Å². The van der Waals surface area contributed by atoms with Crippen LogP contribution in [-0.2, 0) is 32.0 Å². The highest BCUT2D eigenvalue weighted by Crippen LogP contribution is 2.29. The second-order valence-electron chi connectivity index (χ2n) is 11.0. The van der Waals surface area contributed by atoms with Gasteiger partial charge in [0.2, 0.25) is 17.7 Å². The number of nitrogens with one attached hydrogen (secondary N) is 4. The highest BCUT2D eigenvalue weighted by molar-refractivity contribution is 5.90. The molecule has 1 aromatic carbocycles. The predicted molar refractivity (Wildman–Crippen MR) is 164 cm³/mol. The molecule has 0 fully saturated rings. The van der Waals surface area contributed by atoms with Gasteiger partial charge in [0, 0.05) is 37.9 Å². The molecule has 3 amide bonds. The first kappa shape index (κ1) is 34.1. The molecule has 2 aromatic rings. The second-order valence-corrected chi connectivity index (χ2v) is 11.0. The first-order chi connectivity index (χ1) is 20.8. The van der Waals surface area contributed by atoms with Gasteiger partial charge in [0.1, 0.15) is 29.5 Å². The van der Waals surface area contributed by atoms with Crippen molar-refractivity contribution in [1.82, 2.24) is 20.9 Å². The molecule has 0 saturated carbocycles. The van der Waals surface area contributed by atoms with Crippen LogP contribution in [0.1, 0.15) is 50.0 Å². The molecule has 0 radical (unpaired) electrons. The maximum Gasteiger partial charge on any atom is 0.326 e. The lowest BCUT2D eigenvalue weighted by Gasteiger charge is -2.23. The van der Waals surface area contributed by atoms with E-state index in [1.165, 1.54) is 6.92 Å². The standard InChI is InChI=1S/C30H43N7O7/c1-4-19-7-5-8-20-16(2)23(44-26(19)20)14-22(29(42)43)35-24(39)9-6-11-34-27(40)21(36-28(41)25(31)17(3)38)13-18-10-12-37(15-18)30(32)33/h5,7-8,10,17,21-22,25,38H,4,6,9,11-15,31H2,1-3H3,(H3,32,33)(H,34,40)(H,35,39)(H,36,41)(H,42,43). The minimum Gasteiger partial charge on any atom is -0.480 e. The Labute approximate surface area is 255 Å². The molecule has 4 unspecified atom stereocenters. The van der Waals surface area contributed by atoms with Gasteiger partial charge in [0.05, 0.1) is 6.10 Å². The predicted octanol–water partition coefficient (Wildman–Crippen LogP) is 0.0304. The smallest absolute Gasteiger partial charge is 0.326 e. The number of rotatable bonds is 15. The molecule has 4 atom stereocenters. The number of carbonyl (C=O) groups excluding carboxylic acids is 3. The molecular formula is C30H43N7O7. The van der Waals surface area contributed by atoms with Crippen molar-refractivity contribution in [3.8, 4) is 0 Å². The van der Waals surface area contributed by atoms with Crippen LogP contribution in [0.3, 0.4) is 0 Å². The number of nitrogens with zero attached hydrogens (tertiary/aromatic N) is 1. The Morgan fingerprint density at radius 2 is 1.86 bits per heavy atom. The number of carboxylic acid groups (broad SMARTS) is 1. The quantitative estimate of drug-likeness (QED) is 0.0580. The normalized spacial score (nSPS) is 15.7. The van der Waals surface area contributed by atoms with Crippen LogP contribution in [0.25, 0.3) is 11.0 Å². The monoisotopic (exact) mass is 613 g/mol. The van der Waals surface area contributed by atoms with E-state index in [4.69, 9.17) is 21.3 Å². The van der Waals surface area contributed by atoms with Crippen molar-refractivity contribution in [3.63, 3.8) is 0 Å². The number of fused-ring (bicyclic) bond motifs is 1. The molecule has 10 N–H and O–H groups in total. The summed E-state index contributed by atoms with van der Waals surface area (Å²) in [6.45, 7) is 6.05. The number of nitrogens with two attached hydrogens (primary N) is 2. The van der Waals surface area contributed by atoms with Crippen LogP contribution in [-0.4, -0.2) is 88.6 Å². The molecule has 3 rings (SSSR count). The van der Waals surface area contributed by atoms with Crippen molar-refractivity contribution >= 4 is 40.6 Å². The molecule has 1 aliphatic heterocycles. The molecule has 14 heteroatoms. The van der Waals surface area contributed by atoms with Crippen molar-refractivity contribution in [1.29, 1.82) is 5.41 Å². The van der Waals surface area contributed by atoms with Crippen molar-refractivity contribution in [2.45, 2.75) is 77.1 Å². The number of guanidine groups is 1. The van der Waals surface area contributed by atoms with Gasteiger partial charge >= 0.3 is 5.97 Å². The Morgan fingerprint density at radius 3 is 2.48 bits per heavy atom. The summed E-state index contributed by atoms with van der Waals surface area (Å²) in [6, 6.07) is 2.35. The number of carboxylic acids is 1. The molecule has 44 heavy (non-hydrogen) atoms. The largest absolute Gasteiger partial charge is 0.480 e. The molecule has 1 aliphatic rings. The van der Waals surface area contributed by atoms with E-state index in [0.29, 0.717) is 18.8 Å². The SMILES string of the molecule is CCc1cccc2c(C)c(CC(NC(=O)CCCNC(=O)C(CC3=CCN(C(=N)N)C3)NC(=O)C(N)C(C)O)C(=O)O)oc12. The number of furan rings is 1. The van der Waals surface area contributed by atoms with Crippen LogP contribution in [0.5, 0.6) is 0 Å². The molecule has 1 aromatic heterocycles. The summed E-state index contributed by atoms with van der Waals surface area (Å²) in [5, 5.41) is 35.7. The third-order valence-corrected chi connectivity index (χ3v) is 7.68. The molecular weight excluding hydrogens is 570 g/mol. The lowest BCUT2D eigenvalue weighted by atomic mass is 10.0. The highest BCUT2D eigenvalue weighted by Gasteiger charge is 2.29. The van der Waals surface area contributed by atoms with E-state index in [1.807, 2.05) is 38.1 Å². The minimum absolute atomic E-state index is 0.0195. The number of hydrogen-bond acceptors (Lipinski definition) is 8. The van der Waals surface area contributed by atoms with E-state index in [9.17, 15) is 29.4 Å². The Balaban J connectivity index is 1.55. The van der Waals surface area contributed by atoms with Gasteiger partial charge < -0.3 is 46.9 Å². The van der Waals surface area contributed by atoms with Crippen LogP contribution in [0.15, 0.2) is 34.3 Å². The lowest BCUT2D eigenvalue weighted by molar-refractivity contribution is -0.141. The van der Waals surface area contributed by atoms with Gasteiger partial charge in [-0.25, -0.2) is 4.79 Å². The van der Waals surface area contributed by atoms with Gasteiger partial charge in [0.25, 0.3) is 0 Å². The Morgan fingerprint density at radius 1 is 1.14 bits per heavy atom. The van der Waals surface area contributed by atoms with Crippen LogP contribution in [0, 0.1) is 12.3 Å². The number of hydrogen-bond donors (Lipinski definition) is 8. The maximum absolute atomic E-state index is 13.0. The lowest BCUT2D eigenvalue weighted by Crippen LogP contribution is -2.54. The minimum atomic E-state index is -1.24. The Hall–Kier alpha value is -4.43. The van der Waals surface area contributed by atoms with Gasteiger partial charge in [-0.3, -0.25) is 19.8 Å². The molecule has 14 nitrogen and oxygen atoms in total. The van der Waals surface area contributed by atoms with Gasteiger partial charge in [-0.2, -0.15) is 0 Å². The fourth-order valence-electron chi connectivity index (χ4n) is 4.96. The van der Waals surface area contributed by atoms with E-state index in [0.717, 1.165) is 34.1 Å². The average molecular weight is 614 g/mol. The van der Waals surface area contributed by atoms with Crippen molar-refractivity contribution < 1.29 is 33.8 Å². The van der Waals surface area contributed by atoms with E-state index in [-0.39, 0.29) is 38.2 Å². The van der Waals surface area contributed by atoms with Crippen LogP contribution in [0.4, 0.5) is 0 Å². The van der Waals surface area contributed by atoms with Crippen LogP contribution < -0.4 is 27.4 Å². The molecule has 0 aliphatic carbocycles. The second kappa shape index (κ2) is 15.3. The first-order valence-corrected chi connectivity index (χ1v) is 14.6. The number of amides is 3. The molecule has 0 spiro atoms. The Bertz CT molecular complexity index is 1420. The number of para-hydroxylation sites is 1. The van der Waals surface area contributed by atoms with Gasteiger partial charge in [-0.15, -0.1) is 0 Å². The summed E-state index contributed by atoms with van der Waals surface area (Å²) in [6.07, 6.45) is 1.73. The number of aliphatic hydroxyl groups excluding tert-OH is 1. The van der Waals surface area contributed by atoms with Gasteiger partial charge in [-0.05, 0) is 44.2 Å². The first-order valence-electron chi connectivity index (χ1n) is 14.6.